The molecule has 5 rings (SSSR count). The molecule has 5 heteroatoms. The van der Waals surface area contributed by atoms with Crippen molar-refractivity contribution in [2.24, 2.45) is 0 Å². The number of fused-ring (bicyclic) bond motifs is 3. The van der Waals surface area contributed by atoms with Gasteiger partial charge in [0.15, 0.2) is 5.75 Å². The first kappa shape index (κ1) is 15.9. The fourth-order valence-corrected chi connectivity index (χ4v) is 3.51. The molecule has 1 aromatic heterocycles. The third kappa shape index (κ3) is 2.54. The molecule has 2 heterocycles. The van der Waals surface area contributed by atoms with Crippen molar-refractivity contribution in [2.45, 2.75) is 0 Å². The average molecular weight is 373 g/mol. The second-order valence-corrected chi connectivity index (χ2v) is 6.64. The summed E-state index contributed by atoms with van der Waals surface area (Å²) in [4.78, 5) is 19.7. The molecule has 3 aromatic carbocycles. The van der Waals surface area contributed by atoms with Gasteiger partial charge in [0.25, 0.3) is 5.91 Å². The second-order valence-electron chi connectivity index (χ2n) is 6.20. The van der Waals surface area contributed by atoms with E-state index in [0.29, 0.717) is 33.5 Å². The molecule has 0 saturated carbocycles. The largest absolute Gasteiger partial charge is 0.454 e. The first-order valence-electron chi connectivity index (χ1n) is 8.47. The highest BCUT2D eigenvalue weighted by atomic mass is 35.5. The molecule has 27 heavy (non-hydrogen) atoms. The van der Waals surface area contributed by atoms with Crippen LogP contribution in [0.3, 0.4) is 0 Å². The Kier molecular flexibility index (Phi) is 3.59. The van der Waals surface area contributed by atoms with Gasteiger partial charge in [-0.2, -0.15) is 0 Å². The number of hydrogen-bond donors (Lipinski definition) is 0. The molecule has 0 aliphatic carbocycles. The molecule has 1 aliphatic rings. The van der Waals surface area contributed by atoms with Crippen LogP contribution in [0.25, 0.3) is 10.9 Å². The summed E-state index contributed by atoms with van der Waals surface area (Å²) in [5.41, 5.74) is 2.49. The molecule has 1 amide bonds. The molecular formula is C22H13ClN2O2. The number of ether oxygens (including phenoxy) is 1. The Morgan fingerprint density at radius 1 is 0.852 bits per heavy atom. The number of aromatic nitrogens is 1. The molecule has 0 bridgehead atoms. The number of anilines is 2. The lowest BCUT2D eigenvalue weighted by atomic mass is 10.1. The Bertz CT molecular complexity index is 1200. The van der Waals surface area contributed by atoms with Gasteiger partial charge < -0.3 is 4.74 Å². The highest BCUT2D eigenvalue weighted by Crippen LogP contribution is 2.44. The van der Waals surface area contributed by atoms with Gasteiger partial charge in [-0.25, -0.2) is 0 Å². The molecular weight excluding hydrogens is 360 g/mol. The monoisotopic (exact) mass is 372 g/mol. The van der Waals surface area contributed by atoms with Crippen molar-refractivity contribution in [3.8, 4) is 11.5 Å². The lowest BCUT2D eigenvalue weighted by Crippen LogP contribution is -2.25. The molecule has 4 aromatic rings. The van der Waals surface area contributed by atoms with Gasteiger partial charge in [0, 0.05) is 16.6 Å². The molecule has 0 N–H and O–H groups in total. The zero-order valence-corrected chi connectivity index (χ0v) is 14.9. The van der Waals surface area contributed by atoms with E-state index in [1.807, 2.05) is 42.5 Å². The topological polar surface area (TPSA) is 42.4 Å². The van der Waals surface area contributed by atoms with Gasteiger partial charge in [-0.3, -0.25) is 14.7 Å². The maximum absolute atomic E-state index is 13.5. The quantitative estimate of drug-likeness (QED) is 0.413. The lowest BCUT2D eigenvalue weighted by molar-refractivity contribution is 0.0999. The van der Waals surface area contributed by atoms with E-state index in [1.54, 1.807) is 41.4 Å². The van der Waals surface area contributed by atoms with Gasteiger partial charge in [-0.1, -0.05) is 41.9 Å². The van der Waals surface area contributed by atoms with Crippen LogP contribution in [0.15, 0.2) is 79.0 Å². The number of carbonyl (C=O) groups excluding carboxylic acids is 1. The third-order valence-electron chi connectivity index (χ3n) is 4.55. The molecule has 0 unspecified atom stereocenters. The predicted octanol–water partition coefficient (Wildman–Crippen LogP) is 5.97. The van der Waals surface area contributed by atoms with Gasteiger partial charge in [-0.15, -0.1) is 0 Å². The highest BCUT2D eigenvalue weighted by Gasteiger charge is 2.30. The molecule has 1 aliphatic heterocycles. The smallest absolute Gasteiger partial charge is 0.266 e. The number of benzene rings is 3. The summed E-state index contributed by atoms with van der Waals surface area (Å²) in [5.74, 6) is 0.886. The van der Waals surface area contributed by atoms with Crippen LogP contribution in [0.4, 0.5) is 11.4 Å². The van der Waals surface area contributed by atoms with Crippen molar-refractivity contribution in [1.29, 1.82) is 0 Å². The van der Waals surface area contributed by atoms with E-state index in [0.717, 1.165) is 10.9 Å². The van der Waals surface area contributed by atoms with E-state index < -0.39 is 0 Å². The lowest BCUT2D eigenvalue weighted by Gasteiger charge is -2.23. The minimum absolute atomic E-state index is 0.190. The van der Waals surface area contributed by atoms with Crippen LogP contribution < -0.4 is 9.64 Å². The zero-order valence-electron chi connectivity index (χ0n) is 14.1. The molecule has 0 saturated heterocycles. The van der Waals surface area contributed by atoms with Crippen LogP contribution >= 0.6 is 11.6 Å². The minimum atomic E-state index is -0.190. The van der Waals surface area contributed by atoms with Crippen LogP contribution in [0, 0.1) is 0 Å². The van der Waals surface area contributed by atoms with Gasteiger partial charge in [0.05, 0.1) is 22.5 Å². The summed E-state index contributed by atoms with van der Waals surface area (Å²) in [6.07, 6.45) is 1.72. The average Bonchev–Trinajstić information content (AvgIpc) is 2.82. The van der Waals surface area contributed by atoms with E-state index in [2.05, 4.69) is 4.98 Å². The fraction of sp³-hybridized carbons (Fsp3) is 0. The molecule has 4 nitrogen and oxygen atoms in total. The van der Waals surface area contributed by atoms with Crippen molar-refractivity contribution in [2.75, 3.05) is 4.90 Å². The first-order chi connectivity index (χ1) is 13.2. The number of amides is 1. The van der Waals surface area contributed by atoms with Gasteiger partial charge in [0.1, 0.15) is 5.75 Å². The van der Waals surface area contributed by atoms with Crippen molar-refractivity contribution in [1.82, 2.24) is 4.98 Å². The maximum Gasteiger partial charge on any atom is 0.266 e. The van der Waals surface area contributed by atoms with Crippen molar-refractivity contribution in [3.63, 3.8) is 0 Å². The van der Waals surface area contributed by atoms with E-state index >= 15 is 0 Å². The van der Waals surface area contributed by atoms with Gasteiger partial charge >= 0.3 is 0 Å². The maximum atomic E-state index is 13.5. The number of rotatable bonds is 1. The number of nitrogens with zero attached hydrogens (tertiary/aromatic N) is 2. The molecule has 0 spiro atoms. The van der Waals surface area contributed by atoms with E-state index in [1.165, 1.54) is 0 Å². The first-order valence-corrected chi connectivity index (χ1v) is 8.85. The van der Waals surface area contributed by atoms with E-state index in [9.17, 15) is 4.79 Å². The van der Waals surface area contributed by atoms with Crippen LogP contribution in [0.5, 0.6) is 11.5 Å². The SMILES string of the molecule is O=C1c2ccccc2Oc2ccc(Cl)cc2N1c1cccc2cccnc12. The Morgan fingerprint density at radius 3 is 2.63 bits per heavy atom. The summed E-state index contributed by atoms with van der Waals surface area (Å²) < 4.78 is 6.05. The van der Waals surface area contributed by atoms with Crippen LogP contribution in [-0.4, -0.2) is 10.9 Å². The Balaban J connectivity index is 1.84. The summed E-state index contributed by atoms with van der Waals surface area (Å²) >= 11 is 6.25. The standard InChI is InChI=1S/C22H13ClN2O2/c23-15-10-11-20-18(13-15)25(22(26)16-7-1-2-9-19(16)27-20)17-8-3-5-14-6-4-12-24-21(14)17/h1-13H. The fourth-order valence-electron chi connectivity index (χ4n) is 3.34. The molecule has 0 radical (unpaired) electrons. The minimum Gasteiger partial charge on any atom is -0.454 e. The van der Waals surface area contributed by atoms with E-state index in [-0.39, 0.29) is 5.91 Å². The van der Waals surface area contributed by atoms with E-state index in [4.69, 9.17) is 16.3 Å². The van der Waals surface area contributed by atoms with Crippen molar-refractivity contribution in [3.05, 3.63) is 89.6 Å². The van der Waals surface area contributed by atoms with Crippen LogP contribution in [-0.2, 0) is 0 Å². The summed E-state index contributed by atoms with van der Waals surface area (Å²) in [6.45, 7) is 0. The third-order valence-corrected chi connectivity index (χ3v) is 4.79. The molecule has 130 valence electrons. The van der Waals surface area contributed by atoms with Crippen molar-refractivity contribution >= 4 is 39.8 Å². The number of halogens is 1. The number of hydrogen-bond acceptors (Lipinski definition) is 3. The Labute approximate surface area is 160 Å². The predicted molar refractivity (Wildman–Crippen MR) is 106 cm³/mol. The summed E-state index contributed by atoms with van der Waals surface area (Å²) in [5, 5.41) is 1.47. The van der Waals surface area contributed by atoms with Gasteiger partial charge in [0.2, 0.25) is 0 Å². The zero-order chi connectivity index (χ0) is 18.4. The second kappa shape index (κ2) is 6.11. The summed E-state index contributed by atoms with van der Waals surface area (Å²) in [6, 6.07) is 22.1. The molecule has 0 atom stereocenters. The van der Waals surface area contributed by atoms with Crippen LogP contribution in [0.1, 0.15) is 10.4 Å². The Hall–Kier alpha value is -3.37. The number of carbonyl (C=O) groups is 1. The summed E-state index contributed by atoms with van der Waals surface area (Å²) in [7, 11) is 0. The number of para-hydroxylation sites is 2. The number of pyridine rings is 1. The highest BCUT2D eigenvalue weighted by molar-refractivity contribution is 6.31. The Morgan fingerprint density at radius 2 is 1.70 bits per heavy atom. The van der Waals surface area contributed by atoms with Gasteiger partial charge in [-0.05, 0) is 42.5 Å². The molecule has 0 fully saturated rings. The van der Waals surface area contributed by atoms with Crippen molar-refractivity contribution < 1.29 is 9.53 Å². The van der Waals surface area contributed by atoms with Crippen LogP contribution in [0.2, 0.25) is 5.02 Å². The normalized spacial score (nSPS) is 12.9.